The highest BCUT2D eigenvalue weighted by Crippen LogP contribution is 2.27. The molecule has 0 saturated carbocycles. The van der Waals surface area contributed by atoms with Crippen molar-refractivity contribution in [2.75, 3.05) is 11.9 Å². The van der Waals surface area contributed by atoms with Gasteiger partial charge in [-0.05, 0) is 24.3 Å². The lowest BCUT2D eigenvalue weighted by Gasteiger charge is -2.12. The molecule has 5 heteroatoms. The molecule has 0 fully saturated rings. The molecule has 92 valence electrons. The van der Waals surface area contributed by atoms with Crippen LogP contribution in [0.25, 0.3) is 0 Å². The molecule has 2 rings (SSSR count). The Morgan fingerprint density at radius 1 is 1.33 bits per heavy atom. The van der Waals surface area contributed by atoms with E-state index < -0.39 is 6.10 Å². The molecule has 1 aromatic carbocycles. The standard InChI is InChI=1S/C13H11ClN2OS/c14-13-6-5-12(18-13)11(17)8-16-10-4-2-1-3-9(10)7-15/h1-6,11,16-17H,8H2. The third-order valence-corrected chi connectivity index (χ3v) is 3.79. The van der Waals surface area contributed by atoms with Crippen molar-refractivity contribution in [3.63, 3.8) is 0 Å². The minimum absolute atomic E-state index is 0.343. The van der Waals surface area contributed by atoms with E-state index in [2.05, 4.69) is 11.4 Å². The molecule has 3 nitrogen and oxygen atoms in total. The van der Waals surface area contributed by atoms with Gasteiger partial charge in [-0.25, -0.2) is 0 Å². The highest BCUT2D eigenvalue weighted by Gasteiger charge is 2.10. The molecule has 0 bridgehead atoms. The first-order valence-corrected chi connectivity index (χ1v) is 6.56. The van der Waals surface area contributed by atoms with Crippen molar-refractivity contribution < 1.29 is 5.11 Å². The zero-order valence-corrected chi connectivity index (χ0v) is 11.0. The Morgan fingerprint density at radius 3 is 2.78 bits per heavy atom. The van der Waals surface area contributed by atoms with Gasteiger partial charge in [0.1, 0.15) is 12.2 Å². The van der Waals surface area contributed by atoms with Crippen molar-refractivity contribution in [1.82, 2.24) is 0 Å². The van der Waals surface area contributed by atoms with Crippen molar-refractivity contribution >= 4 is 28.6 Å². The molecule has 0 spiro atoms. The largest absolute Gasteiger partial charge is 0.386 e. The van der Waals surface area contributed by atoms with Gasteiger partial charge in [-0.3, -0.25) is 0 Å². The van der Waals surface area contributed by atoms with Crippen LogP contribution in [0.1, 0.15) is 16.5 Å². The van der Waals surface area contributed by atoms with Crippen molar-refractivity contribution in [2.24, 2.45) is 0 Å². The summed E-state index contributed by atoms with van der Waals surface area (Å²) in [5.74, 6) is 0. The predicted molar refractivity (Wildman–Crippen MR) is 73.9 cm³/mol. The number of nitrogens with zero attached hydrogens (tertiary/aromatic N) is 1. The second-order valence-corrected chi connectivity index (χ2v) is 5.44. The van der Waals surface area contributed by atoms with Crippen molar-refractivity contribution in [3.8, 4) is 6.07 Å². The monoisotopic (exact) mass is 278 g/mol. The molecule has 0 saturated heterocycles. The molecule has 0 aliphatic carbocycles. The Labute approximate surface area is 114 Å². The Morgan fingerprint density at radius 2 is 2.11 bits per heavy atom. The fourth-order valence-corrected chi connectivity index (χ4v) is 2.60. The van der Waals surface area contributed by atoms with Crippen LogP contribution in [0.4, 0.5) is 5.69 Å². The van der Waals surface area contributed by atoms with Gasteiger partial charge in [0.15, 0.2) is 0 Å². The molecule has 1 unspecified atom stereocenters. The van der Waals surface area contributed by atoms with Gasteiger partial charge in [0.25, 0.3) is 0 Å². The predicted octanol–water partition coefficient (Wildman–Crippen LogP) is 3.42. The summed E-state index contributed by atoms with van der Waals surface area (Å²) in [5, 5.41) is 22.0. The van der Waals surface area contributed by atoms with E-state index in [1.165, 1.54) is 11.3 Å². The lowest BCUT2D eigenvalue weighted by molar-refractivity contribution is 0.195. The number of anilines is 1. The zero-order chi connectivity index (χ0) is 13.0. The van der Waals surface area contributed by atoms with Gasteiger partial charge < -0.3 is 10.4 Å². The van der Waals surface area contributed by atoms with E-state index in [4.69, 9.17) is 16.9 Å². The molecule has 2 aromatic rings. The number of halogens is 1. The fraction of sp³-hybridized carbons (Fsp3) is 0.154. The molecule has 0 aliphatic heterocycles. The first-order chi connectivity index (χ1) is 8.70. The van der Waals surface area contributed by atoms with Gasteiger partial charge in [0, 0.05) is 11.4 Å². The van der Waals surface area contributed by atoms with Gasteiger partial charge in [-0.1, -0.05) is 23.7 Å². The summed E-state index contributed by atoms with van der Waals surface area (Å²) >= 11 is 7.16. The third-order valence-electron chi connectivity index (χ3n) is 2.46. The Bertz CT molecular complexity index is 576. The van der Waals surface area contributed by atoms with Crippen molar-refractivity contribution in [2.45, 2.75) is 6.10 Å². The molecule has 1 heterocycles. The first-order valence-electron chi connectivity index (χ1n) is 5.37. The van der Waals surface area contributed by atoms with Gasteiger partial charge in [-0.2, -0.15) is 5.26 Å². The zero-order valence-electron chi connectivity index (χ0n) is 9.43. The van der Waals surface area contributed by atoms with E-state index in [9.17, 15) is 5.11 Å². The lowest BCUT2D eigenvalue weighted by Crippen LogP contribution is -2.11. The number of thiophene rings is 1. The van der Waals surface area contributed by atoms with Crippen LogP contribution in [0, 0.1) is 11.3 Å². The maximum atomic E-state index is 9.97. The number of nitriles is 1. The highest BCUT2D eigenvalue weighted by molar-refractivity contribution is 7.16. The van der Waals surface area contributed by atoms with Crippen molar-refractivity contribution in [1.29, 1.82) is 5.26 Å². The highest BCUT2D eigenvalue weighted by atomic mass is 35.5. The number of rotatable bonds is 4. The van der Waals surface area contributed by atoms with Gasteiger partial charge >= 0.3 is 0 Å². The van der Waals surface area contributed by atoms with Crippen LogP contribution in [0.5, 0.6) is 0 Å². The van der Waals surface area contributed by atoms with Crippen LogP contribution < -0.4 is 5.32 Å². The summed E-state index contributed by atoms with van der Waals surface area (Å²) in [7, 11) is 0. The van der Waals surface area contributed by atoms with E-state index in [-0.39, 0.29) is 0 Å². The van der Waals surface area contributed by atoms with E-state index >= 15 is 0 Å². The minimum atomic E-state index is -0.630. The molecule has 0 aliphatic rings. The van der Waals surface area contributed by atoms with E-state index in [0.29, 0.717) is 16.4 Å². The summed E-state index contributed by atoms with van der Waals surface area (Å²) in [4.78, 5) is 0.807. The van der Waals surface area contributed by atoms with E-state index in [1.807, 2.05) is 12.1 Å². The van der Waals surface area contributed by atoms with Crippen LogP contribution in [0.3, 0.4) is 0 Å². The summed E-state index contributed by atoms with van der Waals surface area (Å²) in [6.07, 6.45) is -0.630. The Hall–Kier alpha value is -1.54. The number of hydrogen-bond acceptors (Lipinski definition) is 4. The van der Waals surface area contributed by atoms with Crippen LogP contribution in [-0.2, 0) is 0 Å². The normalized spacial score (nSPS) is 11.8. The second-order valence-electron chi connectivity index (χ2n) is 3.70. The Kier molecular flexibility index (Phi) is 4.21. The van der Waals surface area contributed by atoms with Gasteiger partial charge in [-0.15, -0.1) is 11.3 Å². The maximum Gasteiger partial charge on any atom is 0.105 e. The minimum Gasteiger partial charge on any atom is -0.386 e. The molecule has 0 amide bonds. The van der Waals surface area contributed by atoms with E-state index in [0.717, 1.165) is 10.6 Å². The number of aliphatic hydroxyl groups is 1. The summed E-state index contributed by atoms with van der Waals surface area (Å²) < 4.78 is 0.654. The summed E-state index contributed by atoms with van der Waals surface area (Å²) in [6, 6.07) is 12.9. The number of benzene rings is 1. The molecular formula is C13H11ClN2OS. The molecule has 18 heavy (non-hydrogen) atoms. The SMILES string of the molecule is N#Cc1ccccc1NCC(O)c1ccc(Cl)s1. The second kappa shape index (κ2) is 5.87. The van der Waals surface area contributed by atoms with Gasteiger partial charge in [0.2, 0.25) is 0 Å². The number of hydrogen-bond donors (Lipinski definition) is 2. The quantitative estimate of drug-likeness (QED) is 0.901. The third kappa shape index (κ3) is 3.02. The number of aliphatic hydroxyl groups excluding tert-OH is 1. The fourth-order valence-electron chi connectivity index (χ4n) is 1.55. The number of nitrogens with one attached hydrogen (secondary N) is 1. The van der Waals surface area contributed by atoms with Crippen molar-refractivity contribution in [3.05, 3.63) is 51.2 Å². The van der Waals surface area contributed by atoms with Crippen LogP contribution in [0.2, 0.25) is 4.34 Å². The van der Waals surface area contributed by atoms with Crippen LogP contribution >= 0.6 is 22.9 Å². The topological polar surface area (TPSA) is 56.0 Å². The maximum absolute atomic E-state index is 9.97. The molecule has 1 aromatic heterocycles. The molecule has 0 radical (unpaired) electrons. The van der Waals surface area contributed by atoms with Gasteiger partial charge in [0.05, 0.1) is 15.6 Å². The first kappa shape index (κ1) is 12.9. The molecular weight excluding hydrogens is 268 g/mol. The summed E-state index contributed by atoms with van der Waals surface area (Å²) in [5.41, 5.74) is 1.29. The molecule has 1 atom stereocenters. The average Bonchev–Trinajstić information content (AvgIpc) is 2.83. The molecule has 2 N–H and O–H groups in total. The Balaban J connectivity index is 2.02. The number of para-hydroxylation sites is 1. The summed E-state index contributed by atoms with van der Waals surface area (Å²) in [6.45, 7) is 0.343. The lowest BCUT2D eigenvalue weighted by atomic mass is 10.2. The average molecular weight is 279 g/mol. The van der Waals surface area contributed by atoms with E-state index in [1.54, 1.807) is 24.3 Å². The smallest absolute Gasteiger partial charge is 0.105 e. The van der Waals surface area contributed by atoms with Crippen LogP contribution in [-0.4, -0.2) is 11.7 Å². The van der Waals surface area contributed by atoms with Crippen LogP contribution in [0.15, 0.2) is 36.4 Å².